The molecule has 1 aliphatic heterocycles. The lowest BCUT2D eigenvalue weighted by Gasteiger charge is -2.35. The summed E-state index contributed by atoms with van der Waals surface area (Å²) in [7, 11) is 3.00. The van der Waals surface area contributed by atoms with Gasteiger partial charge in [-0.15, -0.1) is 0 Å². The third-order valence-corrected chi connectivity index (χ3v) is 3.63. The molecule has 1 aliphatic rings. The highest BCUT2D eigenvalue weighted by atomic mass is 16.7. The van der Waals surface area contributed by atoms with Crippen LogP contribution in [-0.2, 0) is 23.7 Å². The van der Waals surface area contributed by atoms with Gasteiger partial charge in [-0.05, 0) is 6.92 Å². The van der Waals surface area contributed by atoms with Gasteiger partial charge in [-0.3, -0.25) is 0 Å². The summed E-state index contributed by atoms with van der Waals surface area (Å²) in [5.41, 5.74) is 0.905. The Balaban J connectivity index is 2.16. The van der Waals surface area contributed by atoms with Gasteiger partial charge in [0.15, 0.2) is 12.6 Å². The second-order valence-corrected chi connectivity index (χ2v) is 5.12. The number of aliphatic hydroxyl groups excluding tert-OH is 1. The predicted molar refractivity (Wildman–Crippen MR) is 79.2 cm³/mol. The first kappa shape index (κ1) is 17.3. The summed E-state index contributed by atoms with van der Waals surface area (Å²) in [6.07, 6.45) is -3.29. The molecule has 0 saturated carbocycles. The van der Waals surface area contributed by atoms with Crippen molar-refractivity contribution in [3.63, 3.8) is 0 Å². The number of hydrogen-bond donors (Lipinski definition) is 1. The van der Waals surface area contributed by atoms with Crippen LogP contribution in [0.1, 0.15) is 18.8 Å². The number of aliphatic hydroxyl groups is 1. The molecule has 1 aromatic carbocycles. The van der Waals surface area contributed by atoms with Gasteiger partial charge in [0.1, 0.15) is 12.2 Å². The maximum atomic E-state index is 10.4. The first-order valence-corrected chi connectivity index (χ1v) is 7.34. The minimum Gasteiger partial charge on any atom is -0.385 e. The zero-order valence-corrected chi connectivity index (χ0v) is 13.2. The standard InChI is InChI=1S/C16H24O6/c1-11-14(18-2)13(17)16(19-3)21-10-9-20-15(22-11)12-7-5-4-6-8-12/h4-8,11,13-17H,9-10H2,1-3H3. The minimum absolute atomic E-state index is 0.285. The summed E-state index contributed by atoms with van der Waals surface area (Å²) >= 11 is 0. The first-order chi connectivity index (χ1) is 10.7. The quantitative estimate of drug-likeness (QED) is 0.912. The summed E-state index contributed by atoms with van der Waals surface area (Å²) in [6.45, 7) is 2.44. The topological polar surface area (TPSA) is 66.4 Å². The lowest BCUT2D eigenvalue weighted by Crippen LogP contribution is -2.48. The third kappa shape index (κ3) is 4.25. The molecule has 1 fully saturated rings. The average molecular weight is 312 g/mol. The summed E-state index contributed by atoms with van der Waals surface area (Å²) in [4.78, 5) is 0. The zero-order chi connectivity index (χ0) is 15.9. The summed E-state index contributed by atoms with van der Waals surface area (Å²) in [5, 5.41) is 10.4. The second-order valence-electron chi connectivity index (χ2n) is 5.12. The van der Waals surface area contributed by atoms with E-state index in [4.69, 9.17) is 23.7 Å². The fraction of sp³-hybridized carbons (Fsp3) is 0.625. The van der Waals surface area contributed by atoms with Crippen LogP contribution in [0.2, 0.25) is 0 Å². The zero-order valence-electron chi connectivity index (χ0n) is 13.2. The molecule has 0 aromatic heterocycles. The van der Waals surface area contributed by atoms with Crippen molar-refractivity contribution in [1.29, 1.82) is 0 Å². The van der Waals surface area contributed by atoms with Crippen LogP contribution in [0.3, 0.4) is 0 Å². The fourth-order valence-electron chi connectivity index (χ4n) is 2.49. The molecule has 22 heavy (non-hydrogen) atoms. The van der Waals surface area contributed by atoms with Crippen molar-refractivity contribution in [2.45, 2.75) is 37.8 Å². The highest BCUT2D eigenvalue weighted by Gasteiger charge is 2.35. The molecule has 0 amide bonds. The van der Waals surface area contributed by atoms with E-state index < -0.39 is 30.9 Å². The Kier molecular flexibility index (Phi) is 6.75. The van der Waals surface area contributed by atoms with Gasteiger partial charge in [0.2, 0.25) is 0 Å². The number of hydrogen-bond acceptors (Lipinski definition) is 6. The minimum atomic E-state index is -0.959. The summed E-state index contributed by atoms with van der Waals surface area (Å²) in [5.74, 6) is 0. The molecule has 1 N–H and O–H groups in total. The molecule has 0 radical (unpaired) electrons. The SMILES string of the molecule is COC1OCCOC(c2ccccc2)OC(C)C(OC)C1O. The van der Waals surface area contributed by atoms with Crippen LogP contribution >= 0.6 is 0 Å². The maximum absolute atomic E-state index is 10.4. The predicted octanol–water partition coefficient (Wildman–Crippen LogP) is 1.49. The van der Waals surface area contributed by atoms with Crippen molar-refractivity contribution in [2.75, 3.05) is 27.4 Å². The van der Waals surface area contributed by atoms with Gasteiger partial charge in [-0.1, -0.05) is 30.3 Å². The molecular weight excluding hydrogens is 288 g/mol. The monoisotopic (exact) mass is 312 g/mol. The Morgan fingerprint density at radius 3 is 2.36 bits per heavy atom. The molecule has 6 heteroatoms. The van der Waals surface area contributed by atoms with Crippen LogP contribution < -0.4 is 0 Å². The van der Waals surface area contributed by atoms with Gasteiger partial charge in [-0.2, -0.15) is 0 Å². The van der Waals surface area contributed by atoms with E-state index in [0.29, 0.717) is 6.61 Å². The van der Waals surface area contributed by atoms with Crippen molar-refractivity contribution in [3.8, 4) is 0 Å². The van der Waals surface area contributed by atoms with Crippen molar-refractivity contribution in [3.05, 3.63) is 35.9 Å². The van der Waals surface area contributed by atoms with Crippen LogP contribution in [0.4, 0.5) is 0 Å². The van der Waals surface area contributed by atoms with Crippen molar-refractivity contribution >= 4 is 0 Å². The van der Waals surface area contributed by atoms with E-state index in [1.54, 1.807) is 0 Å². The van der Waals surface area contributed by atoms with E-state index in [2.05, 4.69) is 0 Å². The molecule has 6 nitrogen and oxygen atoms in total. The van der Waals surface area contributed by atoms with Gasteiger partial charge in [-0.25, -0.2) is 0 Å². The Morgan fingerprint density at radius 1 is 1.05 bits per heavy atom. The Bertz CT molecular complexity index is 426. The molecular formula is C16H24O6. The lowest BCUT2D eigenvalue weighted by atomic mass is 10.1. The first-order valence-electron chi connectivity index (χ1n) is 7.34. The Morgan fingerprint density at radius 2 is 1.73 bits per heavy atom. The van der Waals surface area contributed by atoms with E-state index in [0.717, 1.165) is 5.56 Å². The fourth-order valence-corrected chi connectivity index (χ4v) is 2.49. The molecule has 1 heterocycles. The van der Waals surface area contributed by atoms with Crippen LogP contribution in [-0.4, -0.2) is 57.1 Å². The number of benzene rings is 1. The molecule has 2 rings (SSSR count). The van der Waals surface area contributed by atoms with Gasteiger partial charge < -0.3 is 28.8 Å². The number of methoxy groups -OCH3 is 2. The Hall–Kier alpha value is -1.02. The van der Waals surface area contributed by atoms with E-state index in [-0.39, 0.29) is 6.61 Å². The molecule has 124 valence electrons. The largest absolute Gasteiger partial charge is 0.385 e. The van der Waals surface area contributed by atoms with Gasteiger partial charge in [0.25, 0.3) is 0 Å². The maximum Gasteiger partial charge on any atom is 0.185 e. The summed E-state index contributed by atoms with van der Waals surface area (Å²) < 4.78 is 27.8. The molecule has 1 aromatic rings. The lowest BCUT2D eigenvalue weighted by molar-refractivity contribution is -0.268. The van der Waals surface area contributed by atoms with Gasteiger partial charge in [0.05, 0.1) is 19.3 Å². The van der Waals surface area contributed by atoms with Crippen LogP contribution in [0.5, 0.6) is 0 Å². The van der Waals surface area contributed by atoms with E-state index >= 15 is 0 Å². The van der Waals surface area contributed by atoms with Crippen molar-refractivity contribution in [1.82, 2.24) is 0 Å². The van der Waals surface area contributed by atoms with E-state index in [1.165, 1.54) is 14.2 Å². The summed E-state index contributed by atoms with van der Waals surface area (Å²) in [6, 6.07) is 9.64. The molecule has 0 bridgehead atoms. The molecule has 0 aliphatic carbocycles. The third-order valence-electron chi connectivity index (χ3n) is 3.63. The average Bonchev–Trinajstić information content (AvgIpc) is 2.54. The Labute approximate surface area is 130 Å². The van der Waals surface area contributed by atoms with Crippen molar-refractivity contribution < 1.29 is 28.8 Å². The molecule has 5 unspecified atom stereocenters. The molecule has 1 saturated heterocycles. The highest BCUT2D eigenvalue weighted by molar-refractivity contribution is 5.16. The molecule has 5 atom stereocenters. The van der Waals surface area contributed by atoms with Crippen LogP contribution in [0, 0.1) is 0 Å². The highest BCUT2D eigenvalue weighted by Crippen LogP contribution is 2.25. The molecule has 0 spiro atoms. The number of rotatable bonds is 3. The van der Waals surface area contributed by atoms with Crippen LogP contribution in [0.15, 0.2) is 30.3 Å². The van der Waals surface area contributed by atoms with Gasteiger partial charge in [0, 0.05) is 19.8 Å². The van der Waals surface area contributed by atoms with Crippen molar-refractivity contribution in [2.24, 2.45) is 0 Å². The number of ether oxygens (including phenoxy) is 5. The van der Waals surface area contributed by atoms with Gasteiger partial charge >= 0.3 is 0 Å². The normalized spacial score (nSPS) is 34.3. The smallest absolute Gasteiger partial charge is 0.185 e. The van der Waals surface area contributed by atoms with Crippen LogP contribution in [0.25, 0.3) is 0 Å². The van der Waals surface area contributed by atoms with E-state index in [9.17, 15) is 5.11 Å². The second kappa shape index (κ2) is 8.57. The van der Waals surface area contributed by atoms with E-state index in [1.807, 2.05) is 37.3 Å².